The number of rotatable bonds is 16. The Labute approximate surface area is 293 Å². The first-order valence-corrected chi connectivity index (χ1v) is 19.3. The first kappa shape index (κ1) is 40.4. The number of urea groups is 1. The van der Waals surface area contributed by atoms with Crippen LogP contribution in [0.4, 0.5) is 4.79 Å². The topological polar surface area (TPSA) is 150 Å². The van der Waals surface area contributed by atoms with Gasteiger partial charge in [-0.2, -0.15) is 0 Å². The molecule has 0 aromatic carbocycles. The van der Waals surface area contributed by atoms with E-state index >= 15 is 0 Å². The molecule has 6 atom stereocenters. The number of amides is 3. The average Bonchev–Trinajstić information content (AvgIpc) is 3.56. The molecule has 2 saturated carbocycles. The highest BCUT2D eigenvalue weighted by Gasteiger charge is 2.63. The highest BCUT2D eigenvalue weighted by Crippen LogP contribution is 2.66. The molecular formula is C37H58N4O7S. The quantitative estimate of drug-likeness (QED) is 0.140. The van der Waals surface area contributed by atoms with Crippen LogP contribution in [0.1, 0.15) is 99.3 Å². The molecule has 3 aliphatic rings. The Kier molecular flexibility index (Phi) is 12.7. The second-order valence-corrected chi connectivity index (χ2v) is 18.8. The minimum Gasteiger partial charge on any atom is -0.334 e. The predicted octanol–water partition coefficient (Wildman–Crippen LogP) is 4.12. The van der Waals surface area contributed by atoms with E-state index in [4.69, 9.17) is 6.42 Å². The molecule has 1 heterocycles. The van der Waals surface area contributed by atoms with Gasteiger partial charge in [-0.25, -0.2) is 17.5 Å². The van der Waals surface area contributed by atoms with Crippen LogP contribution in [0.15, 0.2) is 12.7 Å². The molecule has 1 aliphatic heterocycles. The zero-order valence-corrected chi connectivity index (χ0v) is 31.6. The van der Waals surface area contributed by atoms with E-state index in [1.807, 2.05) is 41.5 Å². The van der Waals surface area contributed by atoms with E-state index in [0.717, 1.165) is 31.9 Å². The molecule has 2 N–H and O–H groups in total. The lowest BCUT2D eigenvalue weighted by molar-refractivity contribution is -0.144. The molecule has 11 nitrogen and oxygen atoms in total. The molecule has 2 aliphatic carbocycles. The van der Waals surface area contributed by atoms with Crippen molar-refractivity contribution in [1.82, 2.24) is 19.8 Å². The first-order valence-electron chi connectivity index (χ1n) is 17.5. The minimum absolute atomic E-state index is 0.0198. The summed E-state index contributed by atoms with van der Waals surface area (Å²) in [6, 6.07) is -2.98. The van der Waals surface area contributed by atoms with Crippen LogP contribution in [-0.4, -0.2) is 91.4 Å². The Morgan fingerprint density at radius 1 is 1.06 bits per heavy atom. The molecule has 3 fully saturated rings. The fraction of sp³-hybridized carbons (Fsp3) is 0.757. The number of fused-ring (bicyclic) bond motifs is 2. The van der Waals surface area contributed by atoms with E-state index in [1.165, 1.54) is 11.4 Å². The monoisotopic (exact) mass is 702 g/mol. The van der Waals surface area contributed by atoms with E-state index in [-0.39, 0.29) is 61.2 Å². The molecule has 49 heavy (non-hydrogen) atoms. The number of likely N-dealkylation sites (tertiary alicyclic amines) is 1. The third-order valence-corrected chi connectivity index (χ3v) is 12.3. The summed E-state index contributed by atoms with van der Waals surface area (Å²) in [5, 5.41) is 5.78. The summed E-state index contributed by atoms with van der Waals surface area (Å²) in [5.74, 6) is -0.0546. The van der Waals surface area contributed by atoms with Crippen molar-refractivity contribution < 1.29 is 32.4 Å². The van der Waals surface area contributed by atoms with Gasteiger partial charge in [-0.1, -0.05) is 47.6 Å². The lowest BCUT2D eigenvalue weighted by atomic mass is 9.82. The van der Waals surface area contributed by atoms with E-state index in [9.17, 15) is 32.4 Å². The fourth-order valence-electron chi connectivity index (χ4n) is 7.58. The molecular weight excluding hydrogens is 644 g/mol. The number of carbonyl (C=O) groups is 5. The van der Waals surface area contributed by atoms with Gasteiger partial charge in [0.15, 0.2) is 11.6 Å². The van der Waals surface area contributed by atoms with Crippen molar-refractivity contribution in [2.45, 2.75) is 117 Å². The van der Waals surface area contributed by atoms with Crippen LogP contribution < -0.4 is 10.6 Å². The second-order valence-electron chi connectivity index (χ2n) is 16.7. The number of allylic oxidation sites excluding steroid dienone is 1. The average molecular weight is 703 g/mol. The van der Waals surface area contributed by atoms with E-state index in [0.29, 0.717) is 13.0 Å². The molecule has 0 aromatic rings. The number of hydrogen-bond donors (Lipinski definition) is 2. The largest absolute Gasteiger partial charge is 0.334 e. The Morgan fingerprint density at radius 2 is 1.69 bits per heavy atom. The number of terminal acetylenes is 1. The number of nitrogens with one attached hydrogen (secondary N) is 2. The number of carbonyl (C=O) groups excluding carboxylic acids is 5. The van der Waals surface area contributed by atoms with Crippen molar-refractivity contribution in [3.05, 3.63) is 12.7 Å². The molecule has 274 valence electrons. The zero-order chi connectivity index (χ0) is 37.1. The number of likely N-dealkylation sites (N-methyl/N-ethyl adjacent to an activating group) is 1. The second kappa shape index (κ2) is 15.5. The van der Waals surface area contributed by atoms with Crippen molar-refractivity contribution in [1.29, 1.82) is 0 Å². The summed E-state index contributed by atoms with van der Waals surface area (Å²) in [7, 11) is -2.05. The first-order chi connectivity index (χ1) is 22.6. The number of ketones is 3. The molecule has 0 radical (unpaired) electrons. The van der Waals surface area contributed by atoms with Gasteiger partial charge < -0.3 is 15.5 Å². The molecule has 3 amide bonds. The Bertz CT molecular complexity index is 1450. The van der Waals surface area contributed by atoms with Crippen LogP contribution in [0, 0.1) is 46.3 Å². The lowest BCUT2D eigenvalue weighted by Gasteiger charge is -2.38. The van der Waals surface area contributed by atoms with E-state index in [1.54, 1.807) is 11.0 Å². The van der Waals surface area contributed by atoms with Crippen LogP contribution in [0.3, 0.4) is 0 Å². The van der Waals surface area contributed by atoms with Gasteiger partial charge in [0, 0.05) is 51.4 Å². The normalized spacial score (nSPS) is 23.3. The van der Waals surface area contributed by atoms with Crippen LogP contribution in [0.2, 0.25) is 0 Å². The molecule has 1 saturated heterocycles. The van der Waals surface area contributed by atoms with Gasteiger partial charge in [-0.3, -0.25) is 19.2 Å². The van der Waals surface area contributed by atoms with Crippen molar-refractivity contribution in [2.24, 2.45) is 34.0 Å². The number of nitrogens with zero attached hydrogens (tertiary/aromatic N) is 2. The third-order valence-electron chi connectivity index (χ3n) is 11.0. The summed E-state index contributed by atoms with van der Waals surface area (Å²) in [6.45, 7) is 15.2. The van der Waals surface area contributed by atoms with Gasteiger partial charge in [-0.05, 0) is 66.6 Å². The highest BCUT2D eigenvalue weighted by molar-refractivity contribution is 7.88. The minimum atomic E-state index is -3.50. The van der Waals surface area contributed by atoms with E-state index in [2.05, 4.69) is 23.1 Å². The highest BCUT2D eigenvalue weighted by atomic mass is 32.2. The Hall–Kier alpha value is -3.04. The lowest BCUT2D eigenvalue weighted by Crippen LogP contribution is -2.61. The number of hydrogen-bond acceptors (Lipinski definition) is 7. The van der Waals surface area contributed by atoms with Crippen LogP contribution in [0.5, 0.6) is 0 Å². The summed E-state index contributed by atoms with van der Waals surface area (Å²) in [5.41, 5.74) is -1.15. The number of Topliss-reactive ketones (excluding diaryl/α,β-unsaturated/α-hetero) is 3. The predicted molar refractivity (Wildman–Crippen MR) is 190 cm³/mol. The van der Waals surface area contributed by atoms with Gasteiger partial charge in [0.2, 0.25) is 21.7 Å². The third kappa shape index (κ3) is 9.81. The SMILES string of the molecule is C#CCCC(CC(=O)[C@@H]1[C@H]2CCC3(CC3)[C@H]2CN1C(=O)[C@@H](NC(=O)N[C@H](CN(C)S(C)(=O)=O)C(C)(C)C)C(C)(C)C)C(=O)C(=O)CCC=C. The van der Waals surface area contributed by atoms with Gasteiger partial charge in [0.1, 0.15) is 6.04 Å². The summed E-state index contributed by atoms with van der Waals surface area (Å²) >= 11 is 0. The van der Waals surface area contributed by atoms with Gasteiger partial charge >= 0.3 is 6.03 Å². The van der Waals surface area contributed by atoms with Crippen LogP contribution in [0.25, 0.3) is 0 Å². The maximum atomic E-state index is 14.6. The maximum Gasteiger partial charge on any atom is 0.315 e. The summed E-state index contributed by atoms with van der Waals surface area (Å²) < 4.78 is 25.5. The molecule has 12 heteroatoms. The van der Waals surface area contributed by atoms with Gasteiger partial charge in [0.05, 0.1) is 12.3 Å². The summed E-state index contributed by atoms with van der Waals surface area (Å²) in [4.78, 5) is 70.0. The molecule has 3 rings (SSSR count). The maximum absolute atomic E-state index is 14.6. The molecule has 1 spiro atoms. The van der Waals surface area contributed by atoms with Crippen molar-refractivity contribution in [3.8, 4) is 12.3 Å². The molecule has 1 unspecified atom stereocenters. The smallest absolute Gasteiger partial charge is 0.315 e. The van der Waals surface area contributed by atoms with Crippen molar-refractivity contribution >= 4 is 39.3 Å². The van der Waals surface area contributed by atoms with Crippen LogP contribution >= 0.6 is 0 Å². The number of sulfonamides is 1. The van der Waals surface area contributed by atoms with Crippen LogP contribution in [-0.2, 0) is 29.2 Å². The van der Waals surface area contributed by atoms with Gasteiger partial charge in [0.25, 0.3) is 0 Å². The fourth-order valence-corrected chi connectivity index (χ4v) is 8.00. The van der Waals surface area contributed by atoms with Crippen molar-refractivity contribution in [3.63, 3.8) is 0 Å². The Balaban J connectivity index is 1.90. The summed E-state index contributed by atoms with van der Waals surface area (Å²) in [6.07, 6.45) is 12.7. The molecule has 0 aromatic heterocycles. The zero-order valence-electron chi connectivity index (χ0n) is 30.8. The Morgan fingerprint density at radius 3 is 2.20 bits per heavy atom. The standard InChI is InChI=1S/C37H58N4O7S/c1-11-13-15-24(31(44)27(42)16-14-12-2)21-28(43)30-25-17-18-37(19-20-37)26(25)22-41(30)33(45)32(36(6,7)8)39-34(46)38-29(35(3,4)5)23-40(9)49(10,47)48/h1,12,24-26,29-30,32H,2,13-23H2,3-10H3,(H2,38,39,46)/t24?,25-,26-,29+,30-,32+/m0/s1. The van der Waals surface area contributed by atoms with E-state index < -0.39 is 62.5 Å². The van der Waals surface area contributed by atoms with Crippen molar-refractivity contribution in [2.75, 3.05) is 26.4 Å². The molecule has 0 bridgehead atoms. The van der Waals surface area contributed by atoms with Gasteiger partial charge in [-0.15, -0.1) is 18.9 Å².